The highest BCUT2D eigenvalue weighted by Crippen LogP contribution is 2.67. The van der Waals surface area contributed by atoms with Gasteiger partial charge in [0.1, 0.15) is 6.10 Å². The topological polar surface area (TPSA) is 26.3 Å². The lowest BCUT2D eigenvalue weighted by atomic mass is 9.47. The summed E-state index contributed by atoms with van der Waals surface area (Å²) in [5.41, 5.74) is 2.53. The molecule has 4 aliphatic rings. The quantitative estimate of drug-likeness (QED) is 0.317. The summed E-state index contributed by atoms with van der Waals surface area (Å²) in [5, 5.41) is 0. The second-order valence-corrected chi connectivity index (χ2v) is 12.8. The summed E-state index contributed by atoms with van der Waals surface area (Å²) in [7, 11) is 0. The summed E-state index contributed by atoms with van der Waals surface area (Å²) in [6, 6.07) is 0. The second-order valence-electron chi connectivity index (χ2n) is 12.8. The van der Waals surface area contributed by atoms with Gasteiger partial charge in [-0.3, -0.25) is 4.79 Å². The number of hydrogen-bond donors (Lipinski definition) is 0. The smallest absolute Gasteiger partial charge is 0.302 e. The normalized spacial score (nSPS) is 42.9. The summed E-state index contributed by atoms with van der Waals surface area (Å²) >= 11 is 0. The van der Waals surface area contributed by atoms with Crippen molar-refractivity contribution >= 4 is 5.97 Å². The van der Waals surface area contributed by atoms with Crippen LogP contribution >= 0.6 is 0 Å². The molecule has 3 saturated carbocycles. The van der Waals surface area contributed by atoms with E-state index in [1.54, 1.807) is 12.5 Å². The van der Waals surface area contributed by atoms with Gasteiger partial charge in [-0.15, -0.1) is 0 Å². The van der Waals surface area contributed by atoms with Crippen molar-refractivity contribution in [2.45, 2.75) is 118 Å². The van der Waals surface area contributed by atoms with E-state index in [0.29, 0.717) is 10.8 Å². The average Bonchev–Trinajstić information content (AvgIpc) is 3.05. The van der Waals surface area contributed by atoms with Crippen LogP contribution in [0.5, 0.6) is 0 Å². The molecule has 8 atom stereocenters. The molecule has 0 bridgehead atoms. The van der Waals surface area contributed by atoms with Gasteiger partial charge in [0.2, 0.25) is 0 Å². The zero-order chi connectivity index (χ0) is 22.4. The van der Waals surface area contributed by atoms with Crippen molar-refractivity contribution in [3.8, 4) is 0 Å². The number of allylic oxidation sites excluding steroid dienone is 1. The first-order chi connectivity index (χ1) is 14.6. The molecule has 4 aliphatic carbocycles. The summed E-state index contributed by atoms with van der Waals surface area (Å²) in [6.07, 6.45) is 17.2. The maximum absolute atomic E-state index is 11.5. The first-order valence-corrected chi connectivity index (χ1v) is 13.5. The van der Waals surface area contributed by atoms with E-state index in [0.717, 1.165) is 48.3 Å². The van der Waals surface area contributed by atoms with Crippen molar-refractivity contribution in [1.29, 1.82) is 0 Å². The van der Waals surface area contributed by atoms with Gasteiger partial charge < -0.3 is 4.74 Å². The lowest BCUT2D eigenvalue weighted by molar-refractivity contribution is -0.148. The van der Waals surface area contributed by atoms with Crippen molar-refractivity contribution in [1.82, 2.24) is 0 Å². The highest BCUT2D eigenvalue weighted by Gasteiger charge is 2.59. The van der Waals surface area contributed by atoms with Gasteiger partial charge in [0.05, 0.1) is 0 Å². The highest BCUT2D eigenvalue weighted by molar-refractivity contribution is 5.66. The molecule has 176 valence electrons. The zero-order valence-electron chi connectivity index (χ0n) is 21.2. The van der Waals surface area contributed by atoms with Crippen molar-refractivity contribution in [2.24, 2.45) is 46.3 Å². The van der Waals surface area contributed by atoms with E-state index in [9.17, 15) is 4.79 Å². The molecule has 4 rings (SSSR count). The first kappa shape index (κ1) is 23.4. The van der Waals surface area contributed by atoms with Crippen LogP contribution in [0.4, 0.5) is 0 Å². The van der Waals surface area contributed by atoms with Gasteiger partial charge in [-0.25, -0.2) is 0 Å². The molecule has 0 aromatic carbocycles. The average molecular weight is 429 g/mol. The van der Waals surface area contributed by atoms with Crippen molar-refractivity contribution in [3.05, 3.63) is 11.6 Å². The predicted octanol–water partition coefficient (Wildman–Crippen LogP) is 7.96. The minimum absolute atomic E-state index is 0.115. The van der Waals surface area contributed by atoms with Gasteiger partial charge >= 0.3 is 5.97 Å². The van der Waals surface area contributed by atoms with E-state index in [1.165, 1.54) is 57.8 Å². The molecule has 0 saturated heterocycles. The fraction of sp³-hybridized carbons (Fsp3) is 0.897. The third-order valence-electron chi connectivity index (χ3n) is 10.6. The minimum atomic E-state index is -0.115. The highest BCUT2D eigenvalue weighted by atomic mass is 16.5. The molecule has 0 heterocycles. The molecular formula is C29H48O2. The molecule has 2 nitrogen and oxygen atoms in total. The van der Waals surface area contributed by atoms with Gasteiger partial charge in [-0.05, 0) is 91.3 Å². The molecular weight excluding hydrogens is 380 g/mol. The van der Waals surface area contributed by atoms with E-state index in [1.807, 2.05) is 0 Å². The van der Waals surface area contributed by atoms with Crippen LogP contribution in [0, 0.1) is 46.3 Å². The van der Waals surface area contributed by atoms with Crippen LogP contribution in [0.25, 0.3) is 0 Å². The fourth-order valence-corrected chi connectivity index (χ4v) is 8.99. The van der Waals surface area contributed by atoms with Gasteiger partial charge in [0.15, 0.2) is 0 Å². The number of hydrogen-bond acceptors (Lipinski definition) is 2. The fourth-order valence-electron chi connectivity index (χ4n) is 8.99. The van der Waals surface area contributed by atoms with Crippen LogP contribution in [0.3, 0.4) is 0 Å². The predicted molar refractivity (Wildman–Crippen MR) is 129 cm³/mol. The van der Waals surface area contributed by atoms with Crippen LogP contribution in [0.1, 0.15) is 112 Å². The maximum atomic E-state index is 11.5. The van der Waals surface area contributed by atoms with Crippen LogP contribution in [0.2, 0.25) is 0 Å². The van der Waals surface area contributed by atoms with E-state index in [2.05, 4.69) is 40.7 Å². The van der Waals surface area contributed by atoms with Crippen molar-refractivity contribution in [3.63, 3.8) is 0 Å². The Morgan fingerprint density at radius 2 is 1.84 bits per heavy atom. The summed E-state index contributed by atoms with van der Waals surface area (Å²) in [6.45, 7) is 14.1. The third-order valence-corrected chi connectivity index (χ3v) is 10.6. The number of carbonyl (C=O) groups excluding carboxylic acids is 1. The largest absolute Gasteiger partial charge is 0.462 e. The standard InChI is InChI=1S/C29H48O2/c1-19(2)8-7-9-20(3)25-12-13-26-24-11-10-22-18-23(31-21(4)30)14-16-28(22,5)27(24)15-17-29(25,26)6/h10,19-20,23-27H,7-9,11-18H2,1-6H3/t20-,23?,24?,25?,26?,27?,28?,29?/m1/s1. The molecule has 0 aromatic rings. The molecule has 0 aromatic heterocycles. The lowest BCUT2D eigenvalue weighted by Gasteiger charge is -2.58. The van der Waals surface area contributed by atoms with Crippen LogP contribution in [-0.2, 0) is 9.53 Å². The van der Waals surface area contributed by atoms with Crippen LogP contribution < -0.4 is 0 Å². The van der Waals surface area contributed by atoms with E-state index in [4.69, 9.17) is 4.74 Å². The van der Waals surface area contributed by atoms with Gasteiger partial charge in [-0.1, -0.05) is 65.5 Å². The van der Waals surface area contributed by atoms with Crippen LogP contribution in [0.15, 0.2) is 11.6 Å². The maximum Gasteiger partial charge on any atom is 0.302 e. The van der Waals surface area contributed by atoms with Gasteiger partial charge in [0, 0.05) is 13.3 Å². The Kier molecular flexibility index (Phi) is 6.68. The number of ether oxygens (including phenoxy) is 1. The lowest BCUT2D eigenvalue weighted by Crippen LogP contribution is -2.51. The molecule has 0 N–H and O–H groups in total. The Balaban J connectivity index is 1.47. The second kappa shape index (κ2) is 8.86. The molecule has 7 unspecified atom stereocenters. The van der Waals surface area contributed by atoms with Crippen molar-refractivity contribution in [2.75, 3.05) is 0 Å². The molecule has 31 heavy (non-hydrogen) atoms. The zero-order valence-corrected chi connectivity index (χ0v) is 21.2. The minimum Gasteiger partial charge on any atom is -0.462 e. The Bertz CT molecular complexity index is 693. The molecule has 0 radical (unpaired) electrons. The Morgan fingerprint density at radius 1 is 1.06 bits per heavy atom. The molecule has 2 heteroatoms. The Morgan fingerprint density at radius 3 is 2.55 bits per heavy atom. The van der Waals surface area contributed by atoms with E-state index >= 15 is 0 Å². The summed E-state index contributed by atoms with van der Waals surface area (Å²) in [5.74, 6) is 5.19. The molecule has 0 aliphatic heterocycles. The monoisotopic (exact) mass is 428 g/mol. The van der Waals surface area contributed by atoms with E-state index < -0.39 is 0 Å². The number of fused-ring (bicyclic) bond motifs is 5. The van der Waals surface area contributed by atoms with Crippen molar-refractivity contribution < 1.29 is 9.53 Å². The van der Waals surface area contributed by atoms with Gasteiger partial charge in [0.25, 0.3) is 0 Å². The van der Waals surface area contributed by atoms with E-state index in [-0.39, 0.29) is 12.1 Å². The first-order valence-electron chi connectivity index (χ1n) is 13.5. The summed E-state index contributed by atoms with van der Waals surface area (Å²) < 4.78 is 5.61. The Labute approximate surface area is 192 Å². The molecule has 0 amide bonds. The SMILES string of the molecule is CC(=O)OC1CCC2(C)C(=CCC3C2CCC2(C)C3CCC2[C@H](C)CCCC(C)C)C1. The Hall–Kier alpha value is -0.790. The third kappa shape index (κ3) is 4.26. The number of rotatable bonds is 6. The van der Waals surface area contributed by atoms with Crippen LogP contribution in [-0.4, -0.2) is 12.1 Å². The number of carbonyl (C=O) groups is 1. The van der Waals surface area contributed by atoms with Gasteiger partial charge in [-0.2, -0.15) is 0 Å². The number of esters is 1. The summed E-state index contributed by atoms with van der Waals surface area (Å²) in [4.78, 5) is 11.5. The molecule has 3 fully saturated rings. The molecule has 0 spiro atoms.